The molecule has 0 saturated heterocycles. The average Bonchev–Trinajstić information content (AvgIpc) is 2.38. The van der Waals surface area contributed by atoms with E-state index in [1.807, 2.05) is 0 Å². The van der Waals surface area contributed by atoms with Crippen LogP contribution in [0.4, 0.5) is 0 Å². The molecule has 1 atom stereocenters. The maximum absolute atomic E-state index is 2.44. The quantitative estimate of drug-likeness (QED) is 0.288. The van der Waals surface area contributed by atoms with Gasteiger partial charge in [-0.2, -0.15) is 0 Å². The highest BCUT2D eigenvalue weighted by Crippen LogP contribution is 2.18. The maximum Gasteiger partial charge on any atom is -0.0443 e. The zero-order chi connectivity index (χ0) is 14.3. The van der Waals surface area contributed by atoms with Crippen LogP contribution in [0.1, 0.15) is 111 Å². The molecule has 0 heterocycles. The lowest BCUT2D eigenvalue weighted by atomic mass is 9.94. The summed E-state index contributed by atoms with van der Waals surface area (Å²) in [5.41, 5.74) is 0. The first-order valence-corrected chi connectivity index (χ1v) is 9.16. The molecule has 0 unspecified atom stereocenters. The van der Waals surface area contributed by atoms with Crippen LogP contribution in [0, 0.1) is 11.8 Å². The van der Waals surface area contributed by atoms with Crippen LogP contribution in [0.2, 0.25) is 0 Å². The summed E-state index contributed by atoms with van der Waals surface area (Å²) in [7, 11) is 0. The molecule has 116 valence electrons. The number of rotatable bonds is 14. The van der Waals surface area contributed by atoms with Gasteiger partial charge < -0.3 is 0 Å². The van der Waals surface area contributed by atoms with Crippen LogP contribution in [-0.4, -0.2) is 0 Å². The third kappa shape index (κ3) is 15.9. The van der Waals surface area contributed by atoms with Gasteiger partial charge in [0.2, 0.25) is 0 Å². The van der Waals surface area contributed by atoms with Crippen LogP contribution >= 0.6 is 0 Å². The maximum atomic E-state index is 2.44. The Morgan fingerprint density at radius 3 is 1.47 bits per heavy atom. The molecule has 0 radical (unpaired) electrons. The first-order chi connectivity index (χ1) is 9.16. The van der Waals surface area contributed by atoms with E-state index < -0.39 is 0 Å². The zero-order valence-electron chi connectivity index (χ0n) is 14.3. The first kappa shape index (κ1) is 19.0. The van der Waals surface area contributed by atoms with Crippen molar-refractivity contribution < 1.29 is 0 Å². The van der Waals surface area contributed by atoms with Crippen molar-refractivity contribution in [2.45, 2.75) is 111 Å². The van der Waals surface area contributed by atoms with Crippen molar-refractivity contribution in [3.8, 4) is 0 Å². The Labute approximate surface area is 123 Å². The van der Waals surface area contributed by atoms with Crippen LogP contribution in [0.3, 0.4) is 0 Å². The summed E-state index contributed by atoms with van der Waals surface area (Å²) in [6.45, 7) is 9.42. The second kappa shape index (κ2) is 14.4. The molecule has 0 aromatic heterocycles. The predicted molar refractivity (Wildman–Crippen MR) is 89.7 cm³/mol. The van der Waals surface area contributed by atoms with Gasteiger partial charge in [0.25, 0.3) is 0 Å². The lowest BCUT2D eigenvalue weighted by Gasteiger charge is -2.12. The van der Waals surface area contributed by atoms with Gasteiger partial charge in [-0.3, -0.25) is 0 Å². The fraction of sp³-hybridized carbons (Fsp3) is 1.00. The Balaban J connectivity index is 3.09. The predicted octanol–water partition coefficient (Wildman–Crippen LogP) is 7.37. The van der Waals surface area contributed by atoms with E-state index >= 15 is 0 Å². The molecule has 0 aromatic carbocycles. The highest BCUT2D eigenvalue weighted by Gasteiger charge is 2.03. The minimum atomic E-state index is 0.884. The molecule has 19 heavy (non-hydrogen) atoms. The van der Waals surface area contributed by atoms with Crippen molar-refractivity contribution in [1.82, 2.24) is 0 Å². The van der Waals surface area contributed by atoms with E-state index in [4.69, 9.17) is 0 Å². The minimum Gasteiger partial charge on any atom is -0.0654 e. The van der Waals surface area contributed by atoms with Crippen molar-refractivity contribution in [1.29, 1.82) is 0 Å². The summed E-state index contributed by atoms with van der Waals surface area (Å²) in [4.78, 5) is 0. The molecule has 0 aliphatic carbocycles. The molecule has 0 saturated carbocycles. The van der Waals surface area contributed by atoms with Crippen molar-refractivity contribution in [3.63, 3.8) is 0 Å². The molecule has 0 aliphatic rings. The largest absolute Gasteiger partial charge is 0.0654 e. The molecule has 0 bridgehead atoms. The van der Waals surface area contributed by atoms with Crippen LogP contribution in [0.25, 0.3) is 0 Å². The Morgan fingerprint density at radius 1 is 0.526 bits per heavy atom. The van der Waals surface area contributed by atoms with E-state index in [0.29, 0.717) is 0 Å². The Hall–Kier alpha value is 0. The van der Waals surface area contributed by atoms with Gasteiger partial charge in [0.05, 0.1) is 0 Å². The molecule has 0 amide bonds. The van der Waals surface area contributed by atoms with Gasteiger partial charge in [0, 0.05) is 0 Å². The fourth-order valence-corrected chi connectivity index (χ4v) is 2.74. The summed E-state index contributed by atoms with van der Waals surface area (Å²) in [5, 5.41) is 0. The van der Waals surface area contributed by atoms with E-state index in [-0.39, 0.29) is 0 Å². The summed E-state index contributed by atoms with van der Waals surface area (Å²) < 4.78 is 0. The minimum absolute atomic E-state index is 0.884. The SMILES string of the molecule is CCCCCCCCCCCC[C@@H](C)CCC(C)C. The lowest BCUT2D eigenvalue weighted by molar-refractivity contribution is 0.409. The standard InChI is InChI=1S/C19H40/c1-5-6-7-8-9-10-11-12-13-14-15-19(4)17-16-18(2)3/h18-19H,5-17H2,1-4H3/t19-/m1/s1. The summed E-state index contributed by atoms with van der Waals surface area (Å²) in [6.07, 6.45) is 18.9. The van der Waals surface area contributed by atoms with Crippen molar-refractivity contribution in [2.75, 3.05) is 0 Å². The summed E-state index contributed by atoms with van der Waals surface area (Å²) in [6, 6.07) is 0. The van der Waals surface area contributed by atoms with Crippen molar-refractivity contribution >= 4 is 0 Å². The van der Waals surface area contributed by atoms with Gasteiger partial charge in [-0.25, -0.2) is 0 Å². The first-order valence-electron chi connectivity index (χ1n) is 9.16. The van der Waals surface area contributed by atoms with E-state index in [2.05, 4.69) is 27.7 Å². The Bertz CT molecular complexity index is 159. The molecule has 0 rings (SSSR count). The molecule has 0 fully saturated rings. The number of hydrogen-bond acceptors (Lipinski definition) is 0. The molecule has 0 aliphatic heterocycles. The second-order valence-electron chi connectivity index (χ2n) is 7.05. The summed E-state index contributed by atoms with van der Waals surface area (Å²) >= 11 is 0. The molecule has 0 aromatic rings. The van der Waals surface area contributed by atoms with E-state index in [0.717, 1.165) is 11.8 Å². The topological polar surface area (TPSA) is 0 Å². The van der Waals surface area contributed by atoms with Gasteiger partial charge in [-0.15, -0.1) is 0 Å². The highest BCUT2D eigenvalue weighted by molar-refractivity contribution is 4.56. The van der Waals surface area contributed by atoms with Crippen molar-refractivity contribution in [3.05, 3.63) is 0 Å². The Morgan fingerprint density at radius 2 is 1.00 bits per heavy atom. The van der Waals surface area contributed by atoms with Crippen molar-refractivity contribution in [2.24, 2.45) is 11.8 Å². The molecule has 0 spiro atoms. The van der Waals surface area contributed by atoms with E-state index in [9.17, 15) is 0 Å². The second-order valence-corrected chi connectivity index (χ2v) is 7.05. The van der Waals surface area contributed by atoms with E-state index in [1.165, 1.54) is 83.5 Å². The summed E-state index contributed by atoms with van der Waals surface area (Å²) in [5.74, 6) is 1.84. The van der Waals surface area contributed by atoms with Crippen LogP contribution in [0.15, 0.2) is 0 Å². The zero-order valence-corrected chi connectivity index (χ0v) is 14.3. The molecule has 0 heteroatoms. The fourth-order valence-electron chi connectivity index (χ4n) is 2.74. The smallest absolute Gasteiger partial charge is 0.0443 e. The number of hydrogen-bond donors (Lipinski definition) is 0. The Kier molecular flexibility index (Phi) is 14.4. The van der Waals surface area contributed by atoms with Gasteiger partial charge >= 0.3 is 0 Å². The molecular formula is C19H40. The van der Waals surface area contributed by atoms with Crippen LogP contribution in [-0.2, 0) is 0 Å². The van der Waals surface area contributed by atoms with Gasteiger partial charge in [0.1, 0.15) is 0 Å². The van der Waals surface area contributed by atoms with Gasteiger partial charge in [0.15, 0.2) is 0 Å². The number of unbranched alkanes of at least 4 members (excludes halogenated alkanes) is 9. The third-order valence-electron chi connectivity index (χ3n) is 4.29. The molecule has 0 N–H and O–H groups in total. The van der Waals surface area contributed by atoms with Gasteiger partial charge in [-0.05, 0) is 11.8 Å². The van der Waals surface area contributed by atoms with E-state index in [1.54, 1.807) is 0 Å². The van der Waals surface area contributed by atoms with Crippen LogP contribution in [0.5, 0.6) is 0 Å². The third-order valence-corrected chi connectivity index (χ3v) is 4.29. The molecular weight excluding hydrogens is 228 g/mol. The highest BCUT2D eigenvalue weighted by atomic mass is 14.1. The van der Waals surface area contributed by atoms with Gasteiger partial charge in [-0.1, -0.05) is 111 Å². The monoisotopic (exact) mass is 268 g/mol. The van der Waals surface area contributed by atoms with Crippen LogP contribution < -0.4 is 0 Å². The molecule has 0 nitrogen and oxygen atoms in total. The average molecular weight is 269 g/mol. The lowest BCUT2D eigenvalue weighted by Crippen LogP contribution is -1.98. The normalized spacial score (nSPS) is 13.1.